The van der Waals surface area contributed by atoms with Crippen molar-refractivity contribution in [3.8, 4) is 0 Å². The molecule has 82 heavy (non-hydrogen) atoms. The van der Waals surface area contributed by atoms with E-state index in [0.717, 1.165) is 122 Å². The summed E-state index contributed by atoms with van der Waals surface area (Å²) in [6.45, 7) is 6.55. The second-order valence-corrected chi connectivity index (χ2v) is 23.1. The van der Waals surface area contributed by atoms with Crippen molar-refractivity contribution in [1.82, 2.24) is 0 Å². The predicted octanol–water partition coefficient (Wildman–Crippen LogP) is 24.2. The summed E-state index contributed by atoms with van der Waals surface area (Å²) in [5.74, 6) is -0.872. The number of unbranched alkanes of at least 4 members (excludes halogenated alkanes) is 34. The number of ether oxygens (including phenoxy) is 3. The first kappa shape index (κ1) is 78.1. The largest absolute Gasteiger partial charge is 0.462 e. The highest BCUT2D eigenvalue weighted by Gasteiger charge is 2.19. The number of hydrogen-bond donors (Lipinski definition) is 0. The fourth-order valence-electron chi connectivity index (χ4n) is 9.85. The fraction of sp³-hybridized carbons (Fsp3) is 0.724. The van der Waals surface area contributed by atoms with Gasteiger partial charge in [-0.2, -0.15) is 0 Å². The highest BCUT2D eigenvalue weighted by atomic mass is 16.6. The molecule has 0 N–H and O–H groups in total. The highest BCUT2D eigenvalue weighted by molar-refractivity contribution is 5.71. The van der Waals surface area contributed by atoms with Gasteiger partial charge in [-0.3, -0.25) is 14.4 Å². The van der Waals surface area contributed by atoms with Crippen molar-refractivity contribution in [3.63, 3.8) is 0 Å². The van der Waals surface area contributed by atoms with Crippen LogP contribution in [0.3, 0.4) is 0 Å². The molecule has 0 aromatic carbocycles. The summed E-state index contributed by atoms with van der Waals surface area (Å²) in [6, 6.07) is 0. The summed E-state index contributed by atoms with van der Waals surface area (Å²) in [4.78, 5) is 38.3. The lowest BCUT2D eigenvalue weighted by Gasteiger charge is -2.18. The smallest absolute Gasteiger partial charge is 0.306 e. The van der Waals surface area contributed by atoms with Gasteiger partial charge in [0.05, 0.1) is 0 Å². The molecule has 0 amide bonds. The molecule has 0 aromatic heterocycles. The van der Waals surface area contributed by atoms with E-state index in [-0.39, 0.29) is 31.1 Å². The van der Waals surface area contributed by atoms with Crippen LogP contribution in [-0.4, -0.2) is 37.2 Å². The van der Waals surface area contributed by atoms with Crippen LogP contribution in [0.4, 0.5) is 0 Å². The third-order valence-corrected chi connectivity index (χ3v) is 15.0. The quantitative estimate of drug-likeness (QED) is 0.0261. The first-order valence-electron chi connectivity index (χ1n) is 34.9. The topological polar surface area (TPSA) is 78.9 Å². The van der Waals surface area contributed by atoms with Gasteiger partial charge in [-0.05, 0) is 89.9 Å². The SMILES string of the molecule is CC/C=C\C/C=C\C/C=C\C/C=C\C/C=C\C/C=C\C/C=C\C/C=C\C/C=C\CCCCCCCCCC(=O)OCC(COC(=O)CCCCCCCCCCCCCCC)OC(=O)CCCCCCCCCCCCCCCCCC. The lowest BCUT2D eigenvalue weighted by Crippen LogP contribution is -2.30. The number of esters is 3. The molecular formula is C76H130O6. The van der Waals surface area contributed by atoms with E-state index < -0.39 is 6.10 Å². The molecule has 0 heterocycles. The second kappa shape index (κ2) is 69.6. The number of carbonyl (C=O) groups excluding carboxylic acids is 3. The van der Waals surface area contributed by atoms with Gasteiger partial charge in [0.1, 0.15) is 13.2 Å². The van der Waals surface area contributed by atoms with Crippen molar-refractivity contribution in [3.05, 3.63) is 109 Å². The molecule has 0 saturated heterocycles. The van der Waals surface area contributed by atoms with Gasteiger partial charge in [0, 0.05) is 19.3 Å². The van der Waals surface area contributed by atoms with E-state index in [9.17, 15) is 14.4 Å². The van der Waals surface area contributed by atoms with Crippen LogP contribution in [0.15, 0.2) is 109 Å². The Morgan fingerprint density at radius 1 is 0.256 bits per heavy atom. The van der Waals surface area contributed by atoms with Crippen LogP contribution in [0.25, 0.3) is 0 Å². The maximum atomic E-state index is 12.9. The molecule has 6 nitrogen and oxygen atoms in total. The minimum atomic E-state index is -0.780. The molecule has 0 saturated carbocycles. The van der Waals surface area contributed by atoms with E-state index >= 15 is 0 Å². The Morgan fingerprint density at radius 2 is 0.476 bits per heavy atom. The van der Waals surface area contributed by atoms with E-state index in [1.54, 1.807) is 0 Å². The van der Waals surface area contributed by atoms with Crippen molar-refractivity contribution >= 4 is 17.9 Å². The Balaban J connectivity index is 4.25. The molecule has 0 bridgehead atoms. The fourth-order valence-corrected chi connectivity index (χ4v) is 9.85. The molecule has 0 aliphatic heterocycles. The average Bonchev–Trinajstić information content (AvgIpc) is 3.47. The summed E-state index contributed by atoms with van der Waals surface area (Å²) in [7, 11) is 0. The molecule has 0 radical (unpaired) electrons. The molecule has 0 aromatic rings. The molecule has 0 spiro atoms. The highest BCUT2D eigenvalue weighted by Crippen LogP contribution is 2.17. The Labute approximate surface area is 508 Å². The zero-order chi connectivity index (χ0) is 59.2. The number of allylic oxidation sites excluding steroid dienone is 18. The maximum Gasteiger partial charge on any atom is 0.306 e. The number of hydrogen-bond acceptors (Lipinski definition) is 6. The lowest BCUT2D eigenvalue weighted by molar-refractivity contribution is -0.167. The van der Waals surface area contributed by atoms with Gasteiger partial charge in [0.2, 0.25) is 0 Å². The molecule has 0 aliphatic rings. The van der Waals surface area contributed by atoms with Crippen LogP contribution >= 0.6 is 0 Å². The molecule has 470 valence electrons. The minimum Gasteiger partial charge on any atom is -0.462 e. The van der Waals surface area contributed by atoms with Crippen molar-refractivity contribution in [2.24, 2.45) is 0 Å². The van der Waals surface area contributed by atoms with Crippen LogP contribution in [0.2, 0.25) is 0 Å². The van der Waals surface area contributed by atoms with Crippen molar-refractivity contribution in [2.45, 2.75) is 341 Å². The molecule has 0 rings (SSSR count). The second-order valence-electron chi connectivity index (χ2n) is 23.1. The van der Waals surface area contributed by atoms with Gasteiger partial charge >= 0.3 is 17.9 Å². The van der Waals surface area contributed by atoms with E-state index in [0.29, 0.717) is 19.3 Å². The van der Waals surface area contributed by atoms with E-state index in [1.165, 1.54) is 173 Å². The van der Waals surface area contributed by atoms with Crippen LogP contribution in [0, 0.1) is 0 Å². The molecule has 0 aliphatic carbocycles. The summed E-state index contributed by atoms with van der Waals surface area (Å²) in [6.07, 6.45) is 95.4. The standard InChI is InChI=1S/C76H130O6/c1-4-7-10-13-16-19-22-25-27-29-30-31-32-33-34-35-36-37-38-39-40-41-42-43-44-45-46-47-49-51-54-57-60-63-66-69-75(78)81-72-73(71-80-74(77)68-65-62-59-56-53-50-24-21-18-15-12-9-6-3)82-76(79)70-67-64-61-58-55-52-48-28-26-23-20-17-14-11-8-5-2/h7,10,16,19,25,27,30-31,33-34,36-37,39-40,42-43,45-46,73H,4-6,8-9,11-15,17-18,20-24,26,28-29,32,35,38,41,44,47-72H2,1-3H3/b10-7-,19-16-,27-25-,31-30-,34-33-,37-36-,40-39-,43-42-,46-45-. The summed E-state index contributed by atoms with van der Waals surface area (Å²) in [5, 5.41) is 0. The number of carbonyl (C=O) groups is 3. The molecule has 6 heteroatoms. The van der Waals surface area contributed by atoms with Crippen LogP contribution in [0.5, 0.6) is 0 Å². The van der Waals surface area contributed by atoms with Crippen LogP contribution in [0.1, 0.15) is 335 Å². The zero-order valence-corrected chi connectivity index (χ0v) is 54.0. The normalized spacial score (nSPS) is 12.8. The Morgan fingerprint density at radius 3 is 0.744 bits per heavy atom. The molecular weight excluding hydrogens is 1010 g/mol. The van der Waals surface area contributed by atoms with E-state index in [2.05, 4.69) is 130 Å². The van der Waals surface area contributed by atoms with Crippen molar-refractivity contribution in [1.29, 1.82) is 0 Å². The Kier molecular flexibility index (Phi) is 66.2. The van der Waals surface area contributed by atoms with Gasteiger partial charge in [-0.25, -0.2) is 0 Å². The average molecular weight is 1140 g/mol. The van der Waals surface area contributed by atoms with Crippen molar-refractivity contribution < 1.29 is 28.6 Å². The lowest BCUT2D eigenvalue weighted by atomic mass is 10.0. The number of rotatable bonds is 63. The maximum absolute atomic E-state index is 12.9. The third kappa shape index (κ3) is 66.9. The van der Waals surface area contributed by atoms with Gasteiger partial charge in [0.15, 0.2) is 6.10 Å². The third-order valence-electron chi connectivity index (χ3n) is 15.0. The minimum absolute atomic E-state index is 0.0762. The molecule has 1 atom stereocenters. The molecule has 1 unspecified atom stereocenters. The Hall–Kier alpha value is -3.93. The van der Waals surface area contributed by atoms with Crippen molar-refractivity contribution in [2.75, 3.05) is 13.2 Å². The van der Waals surface area contributed by atoms with Gasteiger partial charge < -0.3 is 14.2 Å². The van der Waals surface area contributed by atoms with E-state index in [1.807, 2.05) is 0 Å². The first-order valence-corrected chi connectivity index (χ1v) is 34.9. The predicted molar refractivity (Wildman–Crippen MR) is 357 cm³/mol. The summed E-state index contributed by atoms with van der Waals surface area (Å²) >= 11 is 0. The van der Waals surface area contributed by atoms with Crippen LogP contribution in [-0.2, 0) is 28.6 Å². The molecule has 0 fully saturated rings. The summed E-state index contributed by atoms with van der Waals surface area (Å²) in [5.41, 5.74) is 0. The van der Waals surface area contributed by atoms with Gasteiger partial charge in [-0.15, -0.1) is 0 Å². The summed E-state index contributed by atoms with van der Waals surface area (Å²) < 4.78 is 16.9. The Bertz CT molecular complexity index is 1640. The first-order chi connectivity index (χ1) is 40.5. The van der Waals surface area contributed by atoms with E-state index in [4.69, 9.17) is 14.2 Å². The van der Waals surface area contributed by atoms with Gasteiger partial charge in [-0.1, -0.05) is 336 Å². The van der Waals surface area contributed by atoms with Gasteiger partial charge in [0.25, 0.3) is 0 Å². The monoisotopic (exact) mass is 1140 g/mol. The zero-order valence-electron chi connectivity index (χ0n) is 54.0. The van der Waals surface area contributed by atoms with Crippen LogP contribution < -0.4 is 0 Å².